The number of hydrogen-bond donors (Lipinski definition) is 2. The van der Waals surface area contributed by atoms with E-state index in [1.54, 1.807) is 21.1 Å². The number of hydrogen-bond acceptors (Lipinski definition) is 6. The highest BCUT2D eigenvalue weighted by atomic mass is 16.3. The van der Waals surface area contributed by atoms with E-state index in [4.69, 9.17) is 4.42 Å². The second-order valence-electron chi connectivity index (χ2n) is 7.64. The quantitative estimate of drug-likeness (QED) is 0.454. The number of likely N-dealkylation sites (N-methyl/N-ethyl adjacent to an activating group) is 2. The number of benzene rings is 1. The molecule has 10 nitrogen and oxygen atoms in total. The van der Waals surface area contributed by atoms with Gasteiger partial charge in [-0.1, -0.05) is 0 Å². The van der Waals surface area contributed by atoms with Crippen molar-refractivity contribution >= 4 is 40.3 Å². The smallest absolute Gasteiger partial charge is 0.272 e. The first kappa shape index (κ1) is 23.5. The first-order chi connectivity index (χ1) is 15.7. The number of nitrogens with one attached hydrogen (secondary N) is 2. The van der Waals surface area contributed by atoms with Crippen molar-refractivity contribution in [2.24, 2.45) is 4.99 Å². The summed E-state index contributed by atoms with van der Waals surface area (Å²) in [7, 11) is 6.30. The number of aliphatic imine (C=N–C) groups is 1. The number of carbonyl (C=O) groups excluding carboxylic acids is 3. The maximum Gasteiger partial charge on any atom is 0.272 e. The molecule has 0 spiro atoms. The summed E-state index contributed by atoms with van der Waals surface area (Å²) in [6.07, 6.45) is 1.30. The summed E-state index contributed by atoms with van der Waals surface area (Å²) in [6.45, 7) is 1.81. The normalized spacial score (nSPS) is 11.2. The van der Waals surface area contributed by atoms with Gasteiger partial charge < -0.3 is 19.5 Å². The van der Waals surface area contributed by atoms with Crippen molar-refractivity contribution in [3.8, 4) is 0 Å². The van der Waals surface area contributed by atoms with Crippen molar-refractivity contribution in [2.45, 2.75) is 6.92 Å². The second-order valence-corrected chi connectivity index (χ2v) is 7.64. The van der Waals surface area contributed by atoms with Crippen LogP contribution in [0.1, 0.15) is 26.6 Å². The average molecular weight is 450 g/mol. The van der Waals surface area contributed by atoms with E-state index in [1.807, 2.05) is 31.2 Å². The number of amides is 3. The molecule has 33 heavy (non-hydrogen) atoms. The Bertz CT molecular complexity index is 1210. The van der Waals surface area contributed by atoms with Crippen molar-refractivity contribution in [1.82, 2.24) is 20.1 Å². The molecule has 3 amide bonds. The van der Waals surface area contributed by atoms with E-state index < -0.39 is 11.8 Å². The van der Waals surface area contributed by atoms with Crippen LogP contribution in [0.4, 0.5) is 5.69 Å². The molecular weight excluding hydrogens is 424 g/mol. The van der Waals surface area contributed by atoms with Crippen molar-refractivity contribution in [3.63, 3.8) is 0 Å². The zero-order valence-corrected chi connectivity index (χ0v) is 19.2. The Balaban J connectivity index is 1.63. The molecule has 3 aromatic rings. The van der Waals surface area contributed by atoms with Gasteiger partial charge in [-0.25, -0.2) is 0 Å². The van der Waals surface area contributed by atoms with E-state index >= 15 is 0 Å². The van der Waals surface area contributed by atoms with E-state index in [0.29, 0.717) is 0 Å². The van der Waals surface area contributed by atoms with Gasteiger partial charge in [0.05, 0.1) is 12.1 Å². The van der Waals surface area contributed by atoms with Gasteiger partial charge in [0.15, 0.2) is 0 Å². The molecule has 10 heteroatoms. The highest BCUT2D eigenvalue weighted by Gasteiger charge is 2.18. The maximum atomic E-state index is 12.6. The Morgan fingerprint density at radius 3 is 2.48 bits per heavy atom. The third-order valence-corrected chi connectivity index (χ3v) is 4.82. The molecule has 2 aromatic heterocycles. The molecule has 0 saturated heterocycles. The van der Waals surface area contributed by atoms with Crippen LogP contribution in [0.3, 0.4) is 0 Å². The lowest BCUT2D eigenvalue weighted by Crippen LogP contribution is -2.38. The van der Waals surface area contributed by atoms with E-state index in [9.17, 15) is 14.4 Å². The minimum atomic E-state index is -0.439. The number of pyridine rings is 1. The van der Waals surface area contributed by atoms with Gasteiger partial charge in [-0.3, -0.25) is 29.7 Å². The number of furan rings is 1. The van der Waals surface area contributed by atoms with Gasteiger partial charge in [-0.2, -0.15) is 0 Å². The fraction of sp³-hybridized carbons (Fsp3) is 0.261. The number of aryl methyl sites for hydroxylation is 1. The van der Waals surface area contributed by atoms with Gasteiger partial charge in [0.1, 0.15) is 17.0 Å². The van der Waals surface area contributed by atoms with Crippen LogP contribution in [-0.2, 0) is 4.79 Å². The van der Waals surface area contributed by atoms with Crippen molar-refractivity contribution in [2.75, 3.05) is 40.1 Å². The average Bonchev–Trinajstić information content (AvgIpc) is 3.17. The van der Waals surface area contributed by atoms with Gasteiger partial charge in [-0.15, -0.1) is 0 Å². The second kappa shape index (κ2) is 9.94. The van der Waals surface area contributed by atoms with Gasteiger partial charge >= 0.3 is 0 Å². The zero-order chi connectivity index (χ0) is 24.1. The van der Waals surface area contributed by atoms with Crippen LogP contribution in [0, 0.1) is 6.92 Å². The van der Waals surface area contributed by atoms with Gasteiger partial charge in [0.2, 0.25) is 11.9 Å². The summed E-state index contributed by atoms with van der Waals surface area (Å²) in [4.78, 5) is 47.7. The minimum absolute atomic E-state index is 0.0675. The van der Waals surface area contributed by atoms with Crippen LogP contribution in [-0.4, -0.2) is 73.2 Å². The van der Waals surface area contributed by atoms with E-state index in [0.717, 1.165) is 22.4 Å². The topological polar surface area (TPSA) is 120 Å². The summed E-state index contributed by atoms with van der Waals surface area (Å²) in [5.41, 5.74) is 1.89. The Hall–Kier alpha value is -4.21. The standard InChI is InChI=1S/C23H26N6O4/c1-14-10-16-11-17(7-9-19(16)33-14)26-23(24-2)27-21(31)15-6-8-18(25-12-15)22(32)29(5)13-20(30)28(3)4/h6-12H,13H2,1-5H3,(H2,24,26,27,31). The predicted molar refractivity (Wildman–Crippen MR) is 125 cm³/mol. The number of aromatic nitrogens is 1. The molecule has 3 rings (SSSR count). The van der Waals surface area contributed by atoms with Crippen molar-refractivity contribution in [3.05, 3.63) is 59.6 Å². The number of rotatable bonds is 5. The number of fused-ring (bicyclic) bond motifs is 1. The monoisotopic (exact) mass is 450 g/mol. The molecule has 0 bridgehead atoms. The lowest BCUT2D eigenvalue weighted by atomic mass is 10.2. The highest BCUT2D eigenvalue weighted by molar-refractivity contribution is 6.10. The first-order valence-corrected chi connectivity index (χ1v) is 10.1. The minimum Gasteiger partial charge on any atom is -0.461 e. The number of guanidine groups is 1. The molecule has 0 aliphatic carbocycles. The molecule has 0 aliphatic heterocycles. The lowest BCUT2D eigenvalue weighted by Gasteiger charge is -2.18. The van der Waals surface area contributed by atoms with Crippen LogP contribution in [0.15, 0.2) is 52.0 Å². The fourth-order valence-electron chi connectivity index (χ4n) is 2.98. The Morgan fingerprint density at radius 2 is 1.85 bits per heavy atom. The predicted octanol–water partition coefficient (Wildman–Crippen LogP) is 2.12. The third-order valence-electron chi connectivity index (χ3n) is 4.82. The molecule has 0 atom stereocenters. The van der Waals surface area contributed by atoms with Gasteiger partial charge in [0.25, 0.3) is 11.8 Å². The highest BCUT2D eigenvalue weighted by Crippen LogP contribution is 2.22. The molecule has 172 valence electrons. The first-order valence-electron chi connectivity index (χ1n) is 10.1. The fourth-order valence-corrected chi connectivity index (χ4v) is 2.98. The van der Waals surface area contributed by atoms with E-state index in [-0.39, 0.29) is 29.7 Å². The zero-order valence-electron chi connectivity index (χ0n) is 19.2. The molecular formula is C23H26N6O4. The largest absolute Gasteiger partial charge is 0.461 e. The Labute approximate surface area is 191 Å². The lowest BCUT2D eigenvalue weighted by molar-refractivity contribution is -0.129. The number of anilines is 1. The summed E-state index contributed by atoms with van der Waals surface area (Å²) in [6, 6.07) is 10.4. The summed E-state index contributed by atoms with van der Waals surface area (Å²) in [5.74, 6) is -0.000302. The molecule has 0 saturated carbocycles. The number of carbonyl (C=O) groups is 3. The van der Waals surface area contributed by atoms with E-state index in [1.165, 1.54) is 35.2 Å². The molecule has 1 aromatic carbocycles. The maximum absolute atomic E-state index is 12.6. The van der Waals surface area contributed by atoms with Crippen molar-refractivity contribution < 1.29 is 18.8 Å². The molecule has 0 unspecified atom stereocenters. The number of nitrogens with zero attached hydrogens (tertiary/aromatic N) is 4. The Morgan fingerprint density at radius 1 is 1.09 bits per heavy atom. The Kier molecular flexibility index (Phi) is 7.07. The summed E-state index contributed by atoms with van der Waals surface area (Å²) >= 11 is 0. The molecule has 0 radical (unpaired) electrons. The molecule has 0 aliphatic rings. The molecule has 2 N–H and O–H groups in total. The van der Waals surface area contributed by atoms with Crippen LogP contribution < -0.4 is 10.6 Å². The summed E-state index contributed by atoms with van der Waals surface area (Å²) in [5, 5.41) is 6.68. The summed E-state index contributed by atoms with van der Waals surface area (Å²) < 4.78 is 5.57. The molecule has 0 fully saturated rings. The van der Waals surface area contributed by atoms with E-state index in [2.05, 4.69) is 20.6 Å². The van der Waals surface area contributed by atoms with Gasteiger partial charge in [-0.05, 0) is 43.3 Å². The van der Waals surface area contributed by atoms with Crippen LogP contribution in [0.25, 0.3) is 11.0 Å². The van der Waals surface area contributed by atoms with Crippen LogP contribution >= 0.6 is 0 Å². The van der Waals surface area contributed by atoms with Gasteiger partial charge in [0, 0.05) is 45.5 Å². The third kappa shape index (κ3) is 5.73. The van der Waals surface area contributed by atoms with Crippen LogP contribution in [0.2, 0.25) is 0 Å². The SMILES string of the molecule is CN=C(NC(=O)c1ccc(C(=O)N(C)CC(=O)N(C)C)nc1)Nc1ccc2oc(C)cc2c1. The van der Waals surface area contributed by atoms with Crippen molar-refractivity contribution in [1.29, 1.82) is 0 Å². The van der Waals surface area contributed by atoms with Crippen LogP contribution in [0.5, 0.6) is 0 Å². The molecule has 2 heterocycles.